The van der Waals surface area contributed by atoms with Crippen LogP contribution in [0.15, 0.2) is 0 Å². The topological polar surface area (TPSA) is 9.23 Å². The van der Waals surface area contributed by atoms with Gasteiger partial charge in [-0.2, -0.15) is 0 Å². The Bertz CT molecular complexity index is 93.5. The summed E-state index contributed by atoms with van der Waals surface area (Å²) in [6.45, 7) is 14.9. The van der Waals surface area contributed by atoms with Crippen molar-refractivity contribution in [3.05, 3.63) is 0 Å². The van der Waals surface area contributed by atoms with E-state index in [4.69, 9.17) is 4.74 Å². The van der Waals surface area contributed by atoms with Gasteiger partial charge in [0.1, 0.15) is 0 Å². The summed E-state index contributed by atoms with van der Waals surface area (Å²) in [5.74, 6) is 1.77. The lowest BCUT2D eigenvalue weighted by atomic mass is 10.0. The monoisotopic (exact) mass is 216 g/mol. The van der Waals surface area contributed by atoms with Crippen molar-refractivity contribution in [3.63, 3.8) is 0 Å². The molecular weight excluding hydrogens is 184 g/mol. The van der Waals surface area contributed by atoms with Crippen LogP contribution >= 0.6 is 0 Å². The Hall–Kier alpha value is -0.0400. The van der Waals surface area contributed by atoms with Crippen molar-refractivity contribution in [2.45, 2.75) is 67.2 Å². The molecule has 0 N–H and O–H groups in total. The summed E-state index contributed by atoms with van der Waals surface area (Å²) in [6.07, 6.45) is 5.28. The molecule has 1 unspecified atom stereocenters. The van der Waals surface area contributed by atoms with Gasteiger partial charge >= 0.3 is 0 Å². The van der Waals surface area contributed by atoms with Crippen molar-refractivity contribution in [2.75, 3.05) is 13.2 Å². The van der Waals surface area contributed by atoms with Gasteiger partial charge in [-0.05, 0) is 24.7 Å². The summed E-state index contributed by atoms with van der Waals surface area (Å²) in [4.78, 5) is 0. The first-order valence-electron chi connectivity index (χ1n) is 6.78. The van der Waals surface area contributed by atoms with Gasteiger partial charge in [0, 0.05) is 13.2 Å². The minimum Gasteiger partial charge on any atom is -0.381 e. The molecule has 0 bridgehead atoms. The summed E-state index contributed by atoms with van der Waals surface area (Å²) < 4.78 is 5.21. The molecule has 0 aromatic heterocycles. The SMILES string of the molecule is CC.CCC(C)C.CCCC1CCOC1. The molecule has 1 atom stereocenters. The minimum absolute atomic E-state index is 0.884. The van der Waals surface area contributed by atoms with Gasteiger partial charge in [0.15, 0.2) is 0 Å². The molecule has 0 aromatic carbocycles. The van der Waals surface area contributed by atoms with Gasteiger partial charge in [0.25, 0.3) is 0 Å². The Morgan fingerprint density at radius 1 is 1.20 bits per heavy atom. The second kappa shape index (κ2) is 14.0. The van der Waals surface area contributed by atoms with Gasteiger partial charge in [-0.25, -0.2) is 0 Å². The minimum atomic E-state index is 0.884. The van der Waals surface area contributed by atoms with Crippen LogP contribution in [0, 0.1) is 11.8 Å². The standard InChI is InChI=1S/C7H14O.C5H12.C2H6/c1-2-3-7-4-5-8-6-7;1-4-5(2)3;1-2/h7H,2-6H2,1H3;5H,4H2,1-3H3;1-2H3. The third kappa shape index (κ3) is 14.0. The zero-order chi connectivity index (χ0) is 12.1. The highest BCUT2D eigenvalue weighted by Crippen LogP contribution is 2.16. The fraction of sp³-hybridized carbons (Fsp3) is 1.00. The third-order valence-electron chi connectivity index (χ3n) is 2.54. The lowest BCUT2D eigenvalue weighted by Crippen LogP contribution is -1.96. The molecule has 0 radical (unpaired) electrons. The van der Waals surface area contributed by atoms with Gasteiger partial charge in [0.05, 0.1) is 0 Å². The molecule has 1 aliphatic heterocycles. The summed E-state index contributed by atoms with van der Waals surface area (Å²) in [5.41, 5.74) is 0. The van der Waals surface area contributed by atoms with Gasteiger partial charge < -0.3 is 4.74 Å². The van der Waals surface area contributed by atoms with Crippen molar-refractivity contribution >= 4 is 0 Å². The molecule has 0 amide bonds. The normalized spacial score (nSPS) is 19.0. The van der Waals surface area contributed by atoms with Crippen LogP contribution in [0.1, 0.15) is 67.2 Å². The van der Waals surface area contributed by atoms with E-state index in [0.717, 1.165) is 25.0 Å². The maximum Gasteiger partial charge on any atom is 0.0495 e. The Morgan fingerprint density at radius 3 is 2.00 bits per heavy atom. The summed E-state index contributed by atoms with van der Waals surface area (Å²) in [7, 11) is 0. The van der Waals surface area contributed by atoms with Crippen LogP contribution in [-0.2, 0) is 4.74 Å². The lowest BCUT2D eigenvalue weighted by molar-refractivity contribution is 0.184. The number of rotatable bonds is 3. The highest BCUT2D eigenvalue weighted by molar-refractivity contribution is 4.62. The van der Waals surface area contributed by atoms with Crippen molar-refractivity contribution in [2.24, 2.45) is 11.8 Å². The van der Waals surface area contributed by atoms with Gasteiger partial charge in [0.2, 0.25) is 0 Å². The molecule has 15 heavy (non-hydrogen) atoms. The number of hydrogen-bond acceptors (Lipinski definition) is 1. The number of ether oxygens (including phenoxy) is 1. The van der Waals surface area contributed by atoms with Crippen LogP contribution in [0.3, 0.4) is 0 Å². The largest absolute Gasteiger partial charge is 0.381 e. The van der Waals surface area contributed by atoms with Gasteiger partial charge in [-0.15, -0.1) is 0 Å². The molecule has 1 saturated heterocycles. The fourth-order valence-electron chi connectivity index (χ4n) is 1.22. The van der Waals surface area contributed by atoms with Crippen LogP contribution in [0.2, 0.25) is 0 Å². The first-order valence-corrected chi connectivity index (χ1v) is 6.78. The van der Waals surface area contributed by atoms with Crippen LogP contribution in [0.4, 0.5) is 0 Å². The predicted molar refractivity (Wildman–Crippen MR) is 70.3 cm³/mol. The van der Waals surface area contributed by atoms with Crippen LogP contribution < -0.4 is 0 Å². The molecule has 0 aliphatic carbocycles. The average molecular weight is 216 g/mol. The van der Waals surface area contributed by atoms with Crippen LogP contribution in [0.25, 0.3) is 0 Å². The molecule has 94 valence electrons. The molecule has 1 aliphatic rings. The molecule has 0 aromatic rings. The summed E-state index contributed by atoms with van der Waals surface area (Å²) >= 11 is 0. The van der Waals surface area contributed by atoms with Gasteiger partial charge in [-0.1, -0.05) is 54.4 Å². The summed E-state index contributed by atoms with van der Waals surface area (Å²) in [5, 5.41) is 0. The van der Waals surface area contributed by atoms with E-state index in [-0.39, 0.29) is 0 Å². The number of hydrogen-bond donors (Lipinski definition) is 0. The Labute approximate surface area is 97.6 Å². The van der Waals surface area contributed by atoms with Crippen molar-refractivity contribution in [1.82, 2.24) is 0 Å². The van der Waals surface area contributed by atoms with E-state index in [2.05, 4.69) is 27.7 Å². The average Bonchev–Trinajstić information content (AvgIpc) is 2.75. The Morgan fingerprint density at radius 2 is 1.73 bits per heavy atom. The van der Waals surface area contributed by atoms with Crippen molar-refractivity contribution < 1.29 is 4.74 Å². The van der Waals surface area contributed by atoms with E-state index in [1.54, 1.807) is 0 Å². The van der Waals surface area contributed by atoms with E-state index in [1.807, 2.05) is 13.8 Å². The first-order chi connectivity index (χ1) is 7.20. The van der Waals surface area contributed by atoms with Crippen molar-refractivity contribution in [3.8, 4) is 0 Å². The highest BCUT2D eigenvalue weighted by atomic mass is 16.5. The summed E-state index contributed by atoms with van der Waals surface area (Å²) in [6, 6.07) is 0. The molecule has 1 heteroatoms. The van der Waals surface area contributed by atoms with E-state index in [9.17, 15) is 0 Å². The zero-order valence-corrected chi connectivity index (χ0v) is 11.8. The second-order valence-electron chi connectivity index (χ2n) is 4.32. The molecule has 1 fully saturated rings. The van der Waals surface area contributed by atoms with E-state index < -0.39 is 0 Å². The van der Waals surface area contributed by atoms with Crippen LogP contribution in [0.5, 0.6) is 0 Å². The lowest BCUT2D eigenvalue weighted by Gasteiger charge is -2.01. The van der Waals surface area contributed by atoms with Crippen LogP contribution in [-0.4, -0.2) is 13.2 Å². The highest BCUT2D eigenvalue weighted by Gasteiger charge is 2.13. The molecule has 1 heterocycles. The van der Waals surface area contributed by atoms with Crippen molar-refractivity contribution in [1.29, 1.82) is 0 Å². The zero-order valence-electron chi connectivity index (χ0n) is 11.8. The fourth-order valence-corrected chi connectivity index (χ4v) is 1.22. The maximum atomic E-state index is 5.21. The maximum absolute atomic E-state index is 5.21. The second-order valence-corrected chi connectivity index (χ2v) is 4.32. The molecule has 0 spiro atoms. The molecule has 0 saturated carbocycles. The smallest absolute Gasteiger partial charge is 0.0495 e. The molecular formula is C14H32O. The third-order valence-corrected chi connectivity index (χ3v) is 2.54. The predicted octanol–water partition coefficient (Wildman–Crippen LogP) is 4.90. The molecule has 1 nitrogen and oxygen atoms in total. The Balaban J connectivity index is 0. The first kappa shape index (κ1) is 17.4. The van der Waals surface area contributed by atoms with E-state index in [0.29, 0.717) is 0 Å². The van der Waals surface area contributed by atoms with E-state index in [1.165, 1.54) is 25.7 Å². The van der Waals surface area contributed by atoms with E-state index >= 15 is 0 Å². The van der Waals surface area contributed by atoms with Gasteiger partial charge in [-0.3, -0.25) is 0 Å². The Kier molecular flexibility index (Phi) is 16.2. The molecule has 1 rings (SSSR count). The quantitative estimate of drug-likeness (QED) is 0.652.